The highest BCUT2D eigenvalue weighted by Crippen LogP contribution is 2.53. The van der Waals surface area contributed by atoms with Gasteiger partial charge in [-0.3, -0.25) is 0 Å². The molecule has 0 radical (unpaired) electrons. The molecule has 4 nitrogen and oxygen atoms in total. The standard InChI is InChI=1S/C50H32NO3P/c52-55(36-17-6-2-7-18-36,37-19-8-3-9-20-37)38-26-28-42-41-27-24-34(30-45(41)51(46(42)31-38)35-15-4-1-5-16-35)44-32-48-50(43-23-13-12-22-40(43)44)53-47-29-25-33-14-10-11-21-39(33)49(47)54-48/h1-32H. The number of rotatable bonds is 5. The third kappa shape index (κ3) is 4.89. The van der Waals surface area contributed by atoms with Gasteiger partial charge in [-0.15, -0.1) is 0 Å². The Labute approximate surface area is 317 Å². The molecular formula is C50H32NO3P. The fraction of sp³-hybridized carbons (Fsp3) is 0. The summed E-state index contributed by atoms with van der Waals surface area (Å²) < 4.78 is 31.2. The molecule has 1 aromatic heterocycles. The van der Waals surface area contributed by atoms with E-state index in [-0.39, 0.29) is 0 Å². The Balaban J connectivity index is 1.14. The Morgan fingerprint density at radius 2 is 0.964 bits per heavy atom. The quantitative estimate of drug-likeness (QED) is 0.166. The highest BCUT2D eigenvalue weighted by molar-refractivity contribution is 7.85. The third-order valence-corrected chi connectivity index (χ3v) is 14.0. The van der Waals surface area contributed by atoms with Gasteiger partial charge in [-0.05, 0) is 58.3 Å². The van der Waals surface area contributed by atoms with Crippen molar-refractivity contribution in [2.24, 2.45) is 0 Å². The Kier molecular flexibility index (Phi) is 7.10. The maximum absolute atomic E-state index is 15.5. The Hall–Kier alpha value is -6.87. The van der Waals surface area contributed by atoms with Gasteiger partial charge in [0.25, 0.3) is 0 Å². The third-order valence-electron chi connectivity index (χ3n) is 10.9. The van der Waals surface area contributed by atoms with Gasteiger partial charge in [0, 0.05) is 43.1 Å². The summed E-state index contributed by atoms with van der Waals surface area (Å²) in [6.45, 7) is 0. The van der Waals surface area contributed by atoms with Crippen molar-refractivity contribution in [1.29, 1.82) is 0 Å². The fourth-order valence-electron chi connectivity index (χ4n) is 8.32. The fourth-order valence-corrected chi connectivity index (χ4v) is 11.0. The molecule has 0 amide bonds. The second kappa shape index (κ2) is 12.3. The predicted octanol–water partition coefficient (Wildman–Crippen LogP) is 12.3. The summed E-state index contributed by atoms with van der Waals surface area (Å²) in [4.78, 5) is 0. The number of nitrogens with zero attached hydrogens (tertiary/aromatic N) is 1. The molecule has 1 aliphatic heterocycles. The van der Waals surface area contributed by atoms with Crippen LogP contribution in [-0.4, -0.2) is 4.57 Å². The van der Waals surface area contributed by atoms with E-state index in [1.165, 1.54) is 0 Å². The zero-order valence-electron chi connectivity index (χ0n) is 29.6. The lowest BCUT2D eigenvalue weighted by Gasteiger charge is -2.24. The first-order valence-corrected chi connectivity index (χ1v) is 20.1. The lowest BCUT2D eigenvalue weighted by Crippen LogP contribution is -2.25. The summed E-state index contributed by atoms with van der Waals surface area (Å²) >= 11 is 0. The average Bonchev–Trinajstić information content (AvgIpc) is 3.59. The van der Waals surface area contributed by atoms with Crippen LogP contribution in [0.5, 0.6) is 23.0 Å². The van der Waals surface area contributed by atoms with Crippen LogP contribution in [0.2, 0.25) is 0 Å². The number of aromatic nitrogens is 1. The summed E-state index contributed by atoms with van der Waals surface area (Å²) in [5.41, 5.74) is 5.19. The molecule has 0 fully saturated rings. The highest BCUT2D eigenvalue weighted by Gasteiger charge is 2.31. The zero-order valence-corrected chi connectivity index (χ0v) is 30.5. The molecule has 0 atom stereocenters. The van der Waals surface area contributed by atoms with Crippen molar-refractivity contribution >= 4 is 66.4 Å². The van der Waals surface area contributed by atoms with E-state index in [2.05, 4.69) is 108 Å². The first-order chi connectivity index (χ1) is 27.1. The molecule has 0 N–H and O–H groups in total. The number of para-hydroxylation sites is 1. The van der Waals surface area contributed by atoms with E-state index in [1.807, 2.05) is 91.0 Å². The van der Waals surface area contributed by atoms with Gasteiger partial charge in [-0.25, -0.2) is 0 Å². The summed E-state index contributed by atoms with van der Waals surface area (Å²) in [6, 6.07) is 66.0. The molecule has 9 aromatic carbocycles. The number of benzene rings is 9. The smallest absolute Gasteiger partial charge is 0.177 e. The predicted molar refractivity (Wildman–Crippen MR) is 227 cm³/mol. The monoisotopic (exact) mass is 725 g/mol. The van der Waals surface area contributed by atoms with E-state index < -0.39 is 7.14 Å². The number of ether oxygens (including phenoxy) is 2. The van der Waals surface area contributed by atoms with Gasteiger partial charge >= 0.3 is 0 Å². The van der Waals surface area contributed by atoms with Crippen molar-refractivity contribution in [3.05, 3.63) is 194 Å². The van der Waals surface area contributed by atoms with Crippen molar-refractivity contribution in [3.8, 4) is 39.8 Å². The number of fused-ring (bicyclic) bond motifs is 9. The van der Waals surface area contributed by atoms with Crippen LogP contribution in [-0.2, 0) is 4.57 Å². The van der Waals surface area contributed by atoms with Crippen LogP contribution in [0.25, 0.3) is 60.2 Å². The molecule has 10 aromatic rings. The molecule has 2 heterocycles. The topological polar surface area (TPSA) is 40.5 Å². The van der Waals surface area contributed by atoms with Gasteiger partial charge in [0.2, 0.25) is 0 Å². The average molecular weight is 726 g/mol. The molecule has 0 bridgehead atoms. The molecule has 0 spiro atoms. The van der Waals surface area contributed by atoms with E-state index in [0.29, 0.717) is 11.5 Å². The van der Waals surface area contributed by atoms with Gasteiger partial charge in [-0.1, -0.05) is 158 Å². The maximum atomic E-state index is 15.5. The van der Waals surface area contributed by atoms with E-state index in [1.54, 1.807) is 0 Å². The Morgan fingerprint density at radius 3 is 1.69 bits per heavy atom. The molecule has 55 heavy (non-hydrogen) atoms. The summed E-state index contributed by atoms with van der Waals surface area (Å²) in [5, 5.41) is 8.80. The van der Waals surface area contributed by atoms with Gasteiger partial charge in [-0.2, -0.15) is 0 Å². The lowest BCUT2D eigenvalue weighted by atomic mass is 9.95. The van der Waals surface area contributed by atoms with Gasteiger partial charge in [0.05, 0.1) is 11.0 Å². The molecule has 11 rings (SSSR count). The van der Waals surface area contributed by atoms with Crippen LogP contribution in [0, 0.1) is 0 Å². The van der Waals surface area contributed by atoms with Crippen molar-refractivity contribution in [2.75, 3.05) is 0 Å². The van der Waals surface area contributed by atoms with Crippen LogP contribution >= 0.6 is 7.14 Å². The zero-order chi connectivity index (χ0) is 36.5. The van der Waals surface area contributed by atoms with Crippen molar-refractivity contribution in [3.63, 3.8) is 0 Å². The SMILES string of the molecule is O=P(c1ccccc1)(c1ccccc1)c1ccc2c3ccc(-c4cc5c(c6ccccc46)Oc4ccc6ccccc6c4O5)cc3n(-c3ccccc3)c2c1. The second-order valence-corrected chi connectivity index (χ2v) is 16.8. The largest absolute Gasteiger partial charge is 0.449 e. The number of hydrogen-bond acceptors (Lipinski definition) is 3. The van der Waals surface area contributed by atoms with Crippen LogP contribution in [0.1, 0.15) is 0 Å². The molecular weight excluding hydrogens is 694 g/mol. The van der Waals surface area contributed by atoms with Crippen molar-refractivity contribution in [2.45, 2.75) is 0 Å². The maximum Gasteiger partial charge on any atom is 0.177 e. The molecule has 0 saturated carbocycles. The summed E-state index contributed by atoms with van der Waals surface area (Å²) in [5.74, 6) is 2.84. The van der Waals surface area contributed by atoms with Gasteiger partial charge in [0.15, 0.2) is 30.1 Å². The minimum atomic E-state index is -3.21. The van der Waals surface area contributed by atoms with Crippen molar-refractivity contribution < 1.29 is 14.0 Å². The number of hydrogen-bond donors (Lipinski definition) is 0. The molecule has 5 heteroatoms. The molecule has 0 aliphatic carbocycles. The van der Waals surface area contributed by atoms with Crippen LogP contribution in [0.4, 0.5) is 0 Å². The van der Waals surface area contributed by atoms with E-state index in [4.69, 9.17) is 9.47 Å². The minimum Gasteiger partial charge on any atom is -0.449 e. The van der Waals surface area contributed by atoms with Gasteiger partial charge in [0.1, 0.15) is 0 Å². The second-order valence-electron chi connectivity index (χ2n) is 14.0. The highest BCUT2D eigenvalue weighted by atomic mass is 31.2. The first-order valence-electron chi connectivity index (χ1n) is 18.4. The minimum absolute atomic E-state index is 0.684. The van der Waals surface area contributed by atoms with Crippen LogP contribution in [0.3, 0.4) is 0 Å². The van der Waals surface area contributed by atoms with Gasteiger partial charge < -0.3 is 18.6 Å². The summed E-state index contributed by atoms with van der Waals surface area (Å²) in [6.07, 6.45) is 0. The van der Waals surface area contributed by atoms with E-state index in [0.717, 1.165) is 87.6 Å². The Morgan fingerprint density at radius 1 is 0.400 bits per heavy atom. The molecule has 0 saturated heterocycles. The first kappa shape index (κ1) is 31.6. The lowest BCUT2D eigenvalue weighted by molar-refractivity contribution is 0.367. The van der Waals surface area contributed by atoms with Crippen molar-refractivity contribution in [1.82, 2.24) is 4.57 Å². The van der Waals surface area contributed by atoms with Crippen LogP contribution < -0.4 is 25.4 Å². The Bertz CT molecular complexity index is 3130. The normalized spacial score (nSPS) is 12.4. The van der Waals surface area contributed by atoms with E-state index in [9.17, 15) is 0 Å². The molecule has 0 unspecified atom stereocenters. The van der Waals surface area contributed by atoms with E-state index >= 15 is 4.57 Å². The molecule has 260 valence electrons. The summed E-state index contributed by atoms with van der Waals surface area (Å²) in [7, 11) is -3.21. The molecule has 1 aliphatic rings. The van der Waals surface area contributed by atoms with Crippen LogP contribution in [0.15, 0.2) is 194 Å².